The van der Waals surface area contributed by atoms with Gasteiger partial charge >= 0.3 is 5.97 Å². The lowest BCUT2D eigenvalue weighted by Gasteiger charge is -2.09. The minimum Gasteiger partial charge on any atom is -0.489 e. The molecule has 0 unspecified atom stereocenters. The van der Waals surface area contributed by atoms with Crippen LogP contribution < -0.4 is 10.3 Å². The van der Waals surface area contributed by atoms with Crippen molar-refractivity contribution in [1.82, 2.24) is 4.98 Å². The molecule has 0 bridgehead atoms. The third-order valence-electron chi connectivity index (χ3n) is 4.04. The molecule has 6 heteroatoms. The normalized spacial score (nSPS) is 11.1. The summed E-state index contributed by atoms with van der Waals surface area (Å²) in [6, 6.07) is 17.9. The third-order valence-corrected chi connectivity index (χ3v) is 4.04. The Hall–Kier alpha value is -3.85. The molecule has 140 valence electrons. The van der Waals surface area contributed by atoms with Crippen LogP contribution in [-0.4, -0.2) is 17.6 Å². The Morgan fingerprint density at radius 2 is 1.93 bits per heavy atom. The molecule has 0 atom stereocenters. The van der Waals surface area contributed by atoms with Crippen molar-refractivity contribution in [3.63, 3.8) is 0 Å². The minimum absolute atomic E-state index is 0.0644. The molecule has 28 heavy (non-hydrogen) atoms. The average Bonchev–Trinajstić information content (AvgIpc) is 2.71. The number of ether oxygens (including phenoxy) is 2. The molecule has 0 radical (unpaired) electrons. The average molecular weight is 374 g/mol. The van der Waals surface area contributed by atoms with E-state index in [1.54, 1.807) is 31.2 Å². The second kappa shape index (κ2) is 8.69. The number of pyridine rings is 1. The first kappa shape index (κ1) is 18.9. The van der Waals surface area contributed by atoms with Crippen LogP contribution >= 0.6 is 0 Å². The second-order valence-electron chi connectivity index (χ2n) is 5.95. The lowest BCUT2D eigenvalue weighted by atomic mass is 10.1. The molecule has 2 aromatic carbocycles. The van der Waals surface area contributed by atoms with Crippen LogP contribution in [0.4, 0.5) is 0 Å². The maximum absolute atomic E-state index is 11.8. The number of nitrogens with one attached hydrogen (secondary N) is 1. The SMILES string of the molecule is CCOC(=O)/C(C#N)=C/c1ccc(OCc2cc(=O)[nH]c3ccccc23)cc1. The largest absolute Gasteiger partial charge is 0.489 e. The predicted octanol–water partition coefficient (Wildman–Crippen LogP) is 3.58. The molecule has 0 spiro atoms. The van der Waals surface area contributed by atoms with Gasteiger partial charge in [-0.15, -0.1) is 0 Å². The van der Waals surface area contributed by atoms with Crippen LogP contribution in [0.15, 0.2) is 65.0 Å². The zero-order valence-electron chi connectivity index (χ0n) is 15.3. The number of aromatic amines is 1. The highest BCUT2D eigenvalue weighted by molar-refractivity contribution is 5.97. The molecule has 6 nitrogen and oxygen atoms in total. The summed E-state index contributed by atoms with van der Waals surface area (Å²) in [4.78, 5) is 26.3. The number of carbonyl (C=O) groups excluding carboxylic acids is 1. The Balaban J connectivity index is 1.75. The number of carbonyl (C=O) groups is 1. The van der Waals surface area contributed by atoms with E-state index < -0.39 is 5.97 Å². The van der Waals surface area contributed by atoms with Gasteiger partial charge in [0.2, 0.25) is 5.56 Å². The Kier molecular flexibility index (Phi) is 5.87. The minimum atomic E-state index is -0.647. The topological polar surface area (TPSA) is 92.2 Å². The van der Waals surface area contributed by atoms with Crippen molar-refractivity contribution in [2.24, 2.45) is 0 Å². The molecule has 0 fully saturated rings. The van der Waals surface area contributed by atoms with Gasteiger partial charge in [-0.05, 0) is 36.8 Å². The Morgan fingerprint density at radius 1 is 1.18 bits per heavy atom. The number of hydrogen-bond acceptors (Lipinski definition) is 5. The lowest BCUT2D eigenvalue weighted by Crippen LogP contribution is -2.08. The number of fused-ring (bicyclic) bond motifs is 1. The summed E-state index contributed by atoms with van der Waals surface area (Å²) in [6.07, 6.45) is 1.46. The molecule has 3 rings (SSSR count). The van der Waals surface area contributed by atoms with E-state index in [9.17, 15) is 9.59 Å². The number of nitrogens with zero attached hydrogens (tertiary/aromatic N) is 1. The number of rotatable bonds is 6. The molecule has 3 aromatic rings. The van der Waals surface area contributed by atoms with Gasteiger partial charge < -0.3 is 14.5 Å². The standard InChI is InChI=1S/C22H18N2O4/c1-2-27-22(26)16(13-23)11-15-7-9-18(10-8-15)28-14-17-12-21(25)24-20-6-4-3-5-19(17)20/h3-12H,2,14H2,1H3,(H,24,25)/b16-11+. The van der Waals surface area contributed by atoms with E-state index >= 15 is 0 Å². The van der Waals surface area contributed by atoms with Crippen molar-refractivity contribution >= 4 is 22.9 Å². The number of para-hydroxylation sites is 1. The zero-order chi connectivity index (χ0) is 19.9. The number of esters is 1. The summed E-state index contributed by atoms with van der Waals surface area (Å²) in [7, 11) is 0. The number of aromatic nitrogens is 1. The van der Waals surface area contributed by atoms with E-state index in [0.29, 0.717) is 11.3 Å². The first-order valence-corrected chi connectivity index (χ1v) is 8.73. The van der Waals surface area contributed by atoms with Crippen molar-refractivity contribution in [1.29, 1.82) is 5.26 Å². The van der Waals surface area contributed by atoms with Crippen LogP contribution in [0.25, 0.3) is 17.0 Å². The monoisotopic (exact) mass is 374 g/mol. The molecule has 0 saturated carbocycles. The zero-order valence-corrected chi connectivity index (χ0v) is 15.3. The van der Waals surface area contributed by atoms with E-state index in [-0.39, 0.29) is 24.3 Å². The maximum Gasteiger partial charge on any atom is 0.348 e. The summed E-state index contributed by atoms with van der Waals surface area (Å²) >= 11 is 0. The van der Waals surface area contributed by atoms with Crippen molar-refractivity contribution in [2.75, 3.05) is 6.61 Å². The molecule has 0 aliphatic carbocycles. The van der Waals surface area contributed by atoms with E-state index in [4.69, 9.17) is 14.7 Å². The first-order valence-electron chi connectivity index (χ1n) is 8.73. The lowest BCUT2D eigenvalue weighted by molar-refractivity contribution is -0.137. The molecule has 0 amide bonds. The fourth-order valence-corrected chi connectivity index (χ4v) is 2.73. The summed E-state index contributed by atoms with van der Waals surface area (Å²) in [6.45, 7) is 2.14. The molecule has 0 saturated heterocycles. The first-order chi connectivity index (χ1) is 13.6. The predicted molar refractivity (Wildman–Crippen MR) is 106 cm³/mol. The van der Waals surface area contributed by atoms with Crippen molar-refractivity contribution < 1.29 is 14.3 Å². The van der Waals surface area contributed by atoms with Crippen LogP contribution in [0.1, 0.15) is 18.1 Å². The highest BCUT2D eigenvalue weighted by atomic mass is 16.5. The summed E-state index contributed by atoms with van der Waals surface area (Å²) in [5.41, 5.74) is 1.99. The summed E-state index contributed by atoms with van der Waals surface area (Å²) in [5, 5.41) is 10.0. The van der Waals surface area contributed by atoms with E-state index in [2.05, 4.69) is 4.98 Å². The smallest absolute Gasteiger partial charge is 0.348 e. The van der Waals surface area contributed by atoms with Gasteiger partial charge in [0.1, 0.15) is 24.0 Å². The van der Waals surface area contributed by atoms with E-state index in [1.165, 1.54) is 12.1 Å². The fourth-order valence-electron chi connectivity index (χ4n) is 2.73. The fraction of sp³-hybridized carbons (Fsp3) is 0.136. The van der Waals surface area contributed by atoms with Crippen molar-refractivity contribution in [2.45, 2.75) is 13.5 Å². The number of benzene rings is 2. The Labute approximate surface area is 161 Å². The van der Waals surface area contributed by atoms with Gasteiger partial charge in [-0.3, -0.25) is 4.79 Å². The Morgan fingerprint density at radius 3 is 2.64 bits per heavy atom. The van der Waals surface area contributed by atoms with Crippen LogP contribution in [0, 0.1) is 11.3 Å². The van der Waals surface area contributed by atoms with Crippen LogP contribution in [0.2, 0.25) is 0 Å². The summed E-state index contributed by atoms with van der Waals surface area (Å²) < 4.78 is 10.6. The Bertz CT molecular complexity index is 1120. The van der Waals surface area contributed by atoms with Gasteiger partial charge in [-0.2, -0.15) is 5.26 Å². The number of nitriles is 1. The molecule has 1 N–H and O–H groups in total. The number of hydrogen-bond donors (Lipinski definition) is 1. The highest BCUT2D eigenvalue weighted by Gasteiger charge is 2.09. The third kappa shape index (κ3) is 4.46. The van der Waals surface area contributed by atoms with Gasteiger partial charge in [0.05, 0.1) is 6.61 Å². The van der Waals surface area contributed by atoms with Gasteiger partial charge in [-0.1, -0.05) is 30.3 Å². The molecule has 0 aliphatic heterocycles. The molecule has 0 aliphatic rings. The van der Waals surface area contributed by atoms with Gasteiger partial charge in [-0.25, -0.2) is 4.79 Å². The van der Waals surface area contributed by atoms with Crippen LogP contribution in [0.5, 0.6) is 5.75 Å². The number of H-pyrrole nitrogens is 1. The van der Waals surface area contributed by atoms with Gasteiger partial charge in [0, 0.05) is 22.5 Å². The highest BCUT2D eigenvalue weighted by Crippen LogP contribution is 2.19. The van der Waals surface area contributed by atoms with Crippen molar-refractivity contribution in [3.05, 3.63) is 81.7 Å². The molecular weight excluding hydrogens is 356 g/mol. The molecule has 1 heterocycles. The van der Waals surface area contributed by atoms with Gasteiger partial charge in [0.15, 0.2) is 0 Å². The van der Waals surface area contributed by atoms with E-state index in [0.717, 1.165) is 16.5 Å². The van der Waals surface area contributed by atoms with Crippen LogP contribution in [0.3, 0.4) is 0 Å². The van der Waals surface area contributed by atoms with Gasteiger partial charge in [0.25, 0.3) is 0 Å². The molecule has 1 aromatic heterocycles. The maximum atomic E-state index is 11.8. The van der Waals surface area contributed by atoms with Crippen molar-refractivity contribution in [3.8, 4) is 11.8 Å². The quantitative estimate of drug-likeness (QED) is 0.404. The second-order valence-corrected chi connectivity index (χ2v) is 5.95. The van der Waals surface area contributed by atoms with Crippen LogP contribution in [-0.2, 0) is 16.1 Å². The molecular formula is C22H18N2O4. The van der Waals surface area contributed by atoms with E-state index in [1.807, 2.05) is 30.3 Å². The summed E-state index contributed by atoms with van der Waals surface area (Å²) in [5.74, 6) is -0.0392.